The second-order valence-corrected chi connectivity index (χ2v) is 10.5. The van der Waals surface area contributed by atoms with Gasteiger partial charge in [0.1, 0.15) is 24.5 Å². The maximum Gasteiger partial charge on any atom is 0.415 e. The summed E-state index contributed by atoms with van der Waals surface area (Å²) in [4.78, 5) is 12.4. The third-order valence-corrected chi connectivity index (χ3v) is 7.79. The molecule has 0 aliphatic carbocycles. The van der Waals surface area contributed by atoms with Crippen LogP contribution < -0.4 is 25.7 Å². The van der Waals surface area contributed by atoms with Crippen molar-refractivity contribution in [1.29, 1.82) is 0 Å². The van der Waals surface area contributed by atoms with Crippen LogP contribution in [0.3, 0.4) is 0 Å². The molecule has 0 aliphatic heterocycles. The van der Waals surface area contributed by atoms with Crippen molar-refractivity contribution in [2.75, 3.05) is 18.9 Å². The molecule has 0 atom stereocenters. The fourth-order valence-electron chi connectivity index (χ4n) is 4.05. The van der Waals surface area contributed by atoms with E-state index in [2.05, 4.69) is 9.79 Å². The first kappa shape index (κ1) is 25.8. The number of hydrogen-bond acceptors (Lipinski definition) is 10. The predicted molar refractivity (Wildman–Crippen MR) is 139 cm³/mol. The smallest absolute Gasteiger partial charge is 0.415 e. The third kappa shape index (κ3) is 5.27. The molecule has 0 spiro atoms. The van der Waals surface area contributed by atoms with Gasteiger partial charge in [0, 0.05) is 29.1 Å². The zero-order valence-electron chi connectivity index (χ0n) is 20.7. The fraction of sp³-hybridized carbons (Fsp3) is 0.148. The molecule has 11 nitrogen and oxygen atoms in total. The van der Waals surface area contributed by atoms with Crippen molar-refractivity contribution in [2.24, 2.45) is 0 Å². The van der Waals surface area contributed by atoms with Crippen molar-refractivity contribution in [3.63, 3.8) is 0 Å². The van der Waals surface area contributed by atoms with Gasteiger partial charge in [0.25, 0.3) is 9.84 Å². The molecule has 5 rings (SSSR count). The lowest BCUT2D eigenvalue weighted by molar-refractivity contribution is -0.832. The van der Waals surface area contributed by atoms with Crippen molar-refractivity contribution in [3.05, 3.63) is 105 Å². The summed E-state index contributed by atoms with van der Waals surface area (Å²) in [7, 11) is -4.22. The van der Waals surface area contributed by atoms with Crippen molar-refractivity contribution in [3.8, 4) is 11.6 Å². The zero-order valence-corrected chi connectivity index (χ0v) is 21.5. The largest absolute Gasteiger partial charge is 0.490 e. The van der Waals surface area contributed by atoms with E-state index in [0.717, 1.165) is 16.5 Å². The Balaban J connectivity index is 1.27. The van der Waals surface area contributed by atoms with E-state index in [1.54, 1.807) is 36.4 Å². The van der Waals surface area contributed by atoms with Crippen LogP contribution in [0.1, 0.15) is 16.7 Å². The van der Waals surface area contributed by atoms with Gasteiger partial charge in [-0.2, -0.15) is 0 Å². The lowest BCUT2D eigenvalue weighted by Crippen LogP contribution is -2.31. The number of aromatic nitrogens is 2. The number of anilines is 1. The van der Waals surface area contributed by atoms with E-state index in [4.69, 9.17) is 19.6 Å². The summed E-state index contributed by atoms with van der Waals surface area (Å²) in [5.41, 5.74) is 8.60. The molecular formula is C27H23N3O8S. The van der Waals surface area contributed by atoms with Gasteiger partial charge >= 0.3 is 16.5 Å². The van der Waals surface area contributed by atoms with Gasteiger partial charge in [0.05, 0.1) is 10.1 Å². The Labute approximate surface area is 222 Å². The van der Waals surface area contributed by atoms with E-state index < -0.39 is 26.4 Å². The highest BCUT2D eigenvalue weighted by molar-refractivity contribution is 7.91. The van der Waals surface area contributed by atoms with E-state index in [1.807, 2.05) is 19.1 Å². The summed E-state index contributed by atoms with van der Waals surface area (Å²) in [6.45, 7) is 1.69. The number of hydrogen-bond donors (Lipinski definition) is 1. The number of nitrogens with two attached hydrogens (primary N) is 1. The molecular weight excluding hydrogens is 526 g/mol. The molecule has 0 bridgehead atoms. The van der Waals surface area contributed by atoms with Gasteiger partial charge in [-0.25, -0.2) is 13.2 Å². The number of rotatable bonds is 9. The molecule has 0 fully saturated rings. The van der Waals surface area contributed by atoms with Crippen LogP contribution >= 0.6 is 0 Å². The zero-order chi connectivity index (χ0) is 27.6. The quantitative estimate of drug-likeness (QED) is 0.125. The number of nitrogen functional groups attached to an aromatic ring is 1. The highest BCUT2D eigenvalue weighted by Gasteiger charge is 2.35. The molecule has 2 aromatic heterocycles. The molecule has 0 aliphatic rings. The minimum Gasteiger partial charge on any atom is -0.490 e. The van der Waals surface area contributed by atoms with E-state index in [0.29, 0.717) is 29.0 Å². The second-order valence-electron chi connectivity index (χ2n) is 8.62. The third-order valence-electron chi connectivity index (χ3n) is 6.06. The maximum absolute atomic E-state index is 12.8. The van der Waals surface area contributed by atoms with Crippen molar-refractivity contribution >= 4 is 26.5 Å². The van der Waals surface area contributed by atoms with Crippen molar-refractivity contribution in [1.82, 2.24) is 5.16 Å². The molecule has 2 heterocycles. The number of aryl methyl sites for hydroxylation is 1. The molecule has 5 aromatic rings. The molecule has 0 saturated heterocycles. The van der Waals surface area contributed by atoms with Gasteiger partial charge in [-0.15, -0.1) is 0 Å². The number of benzene rings is 3. The van der Waals surface area contributed by atoms with Crippen LogP contribution in [0.2, 0.25) is 0 Å². The summed E-state index contributed by atoms with van der Waals surface area (Å²) in [6, 6.07) is 19.8. The minimum absolute atomic E-state index is 0.0273. The summed E-state index contributed by atoms with van der Waals surface area (Å²) in [5, 5.41) is 15.4. The molecule has 0 saturated carbocycles. The second kappa shape index (κ2) is 10.5. The number of fused-ring (bicyclic) bond motifs is 1. The van der Waals surface area contributed by atoms with Crippen molar-refractivity contribution in [2.45, 2.75) is 23.3 Å². The van der Waals surface area contributed by atoms with Gasteiger partial charge in [0.15, 0.2) is 0 Å². The van der Waals surface area contributed by atoms with Crippen LogP contribution in [0.5, 0.6) is 11.6 Å². The first-order valence-electron chi connectivity index (χ1n) is 11.8. The average Bonchev–Trinajstić information content (AvgIpc) is 3.31. The molecule has 200 valence electrons. The Hall–Kier alpha value is -4.84. The molecule has 0 unspecified atom stereocenters. The minimum atomic E-state index is -4.22. The van der Waals surface area contributed by atoms with Crippen LogP contribution in [-0.2, 0) is 16.3 Å². The lowest BCUT2D eigenvalue weighted by Gasteiger charge is -2.10. The average molecular weight is 550 g/mol. The highest BCUT2D eigenvalue weighted by atomic mass is 32.2. The number of ether oxygens (including phenoxy) is 2. The monoisotopic (exact) mass is 549 g/mol. The van der Waals surface area contributed by atoms with E-state index in [1.165, 1.54) is 24.3 Å². The summed E-state index contributed by atoms with van der Waals surface area (Å²) < 4.78 is 46.8. The van der Waals surface area contributed by atoms with E-state index in [9.17, 15) is 18.4 Å². The van der Waals surface area contributed by atoms with Gasteiger partial charge in [-0.3, -0.25) is 4.63 Å². The van der Waals surface area contributed by atoms with Gasteiger partial charge in [-0.1, -0.05) is 30.3 Å². The van der Waals surface area contributed by atoms with Crippen LogP contribution in [0.25, 0.3) is 11.0 Å². The first-order valence-corrected chi connectivity index (χ1v) is 13.3. The SMILES string of the molecule is Cc1c(Cc2ccc(N)cc2)c(=O)oc2cc(OCCOc3no[n+]([O-])c3S(=O)(=O)c3ccccc3)ccc12. The molecule has 12 heteroatoms. The van der Waals surface area contributed by atoms with Crippen molar-refractivity contribution < 1.29 is 31.8 Å². The molecule has 0 amide bonds. The van der Waals surface area contributed by atoms with Crippen LogP contribution in [0, 0.1) is 12.1 Å². The Kier molecular flexibility index (Phi) is 6.94. The van der Waals surface area contributed by atoms with Gasteiger partial charge in [0.2, 0.25) is 0 Å². The highest BCUT2D eigenvalue weighted by Crippen LogP contribution is 2.27. The number of sulfone groups is 1. The summed E-state index contributed by atoms with van der Waals surface area (Å²) in [6.07, 6.45) is 0.410. The lowest BCUT2D eigenvalue weighted by atomic mass is 9.99. The van der Waals surface area contributed by atoms with Crippen LogP contribution in [0.15, 0.2) is 96.6 Å². The summed E-state index contributed by atoms with van der Waals surface area (Å²) in [5.74, 6) is -0.0812. The Morgan fingerprint density at radius 3 is 2.46 bits per heavy atom. The standard InChI is InChI=1S/C27H23N3O8S/c1-17-22-12-11-20(16-24(22)37-27(31)23(17)15-18-7-9-19(28)10-8-18)35-13-14-36-25-26(30(32)38-29-25)39(33,34)21-5-3-2-4-6-21/h2-12,16H,13-15,28H2,1H3. The van der Waals surface area contributed by atoms with E-state index in [-0.39, 0.29) is 23.0 Å². The van der Waals surface area contributed by atoms with Gasteiger partial charge < -0.3 is 24.8 Å². The molecule has 0 radical (unpaired) electrons. The van der Waals surface area contributed by atoms with Crippen LogP contribution in [-0.4, -0.2) is 26.8 Å². The fourth-order valence-corrected chi connectivity index (χ4v) is 5.34. The van der Waals surface area contributed by atoms with Gasteiger partial charge in [-0.05, 0) is 59.4 Å². The summed E-state index contributed by atoms with van der Waals surface area (Å²) >= 11 is 0. The topological polar surface area (TPSA) is 162 Å². The van der Waals surface area contributed by atoms with E-state index >= 15 is 0 Å². The Bertz CT molecular complexity index is 1800. The number of nitrogens with zero attached hydrogens (tertiary/aromatic N) is 2. The maximum atomic E-state index is 12.8. The Morgan fingerprint density at radius 1 is 1.00 bits per heavy atom. The molecule has 3 aromatic carbocycles. The normalized spacial score (nSPS) is 11.5. The molecule has 39 heavy (non-hydrogen) atoms. The first-order chi connectivity index (χ1) is 18.7. The Morgan fingerprint density at radius 2 is 1.72 bits per heavy atom. The molecule has 2 N–H and O–H groups in total. The predicted octanol–water partition coefficient (Wildman–Crippen LogP) is 3.19. The van der Waals surface area contributed by atoms with Crippen LogP contribution in [0.4, 0.5) is 5.69 Å².